The molecule has 2 aliphatic rings. The molecular formula is C26H30FN5O2S. The van der Waals surface area contributed by atoms with Crippen molar-refractivity contribution >= 4 is 28.3 Å². The number of amides is 1. The van der Waals surface area contributed by atoms with E-state index in [1.54, 1.807) is 19.2 Å². The first-order valence-corrected chi connectivity index (χ1v) is 12.9. The Kier molecular flexibility index (Phi) is 7.13. The van der Waals surface area contributed by atoms with E-state index in [4.69, 9.17) is 9.72 Å². The van der Waals surface area contributed by atoms with Crippen LogP contribution < -0.4 is 14.5 Å². The summed E-state index contributed by atoms with van der Waals surface area (Å²) < 4.78 is 24.0. The number of piperazine rings is 1. The van der Waals surface area contributed by atoms with Crippen LogP contribution in [0.3, 0.4) is 0 Å². The molecule has 0 spiro atoms. The number of methoxy groups -OCH3 is 1. The quantitative estimate of drug-likeness (QED) is 0.518. The van der Waals surface area contributed by atoms with Crippen molar-refractivity contribution in [3.05, 3.63) is 65.7 Å². The summed E-state index contributed by atoms with van der Waals surface area (Å²) >= 11 is 1.40. The maximum atomic E-state index is 14.1. The van der Waals surface area contributed by atoms with Crippen LogP contribution in [-0.2, 0) is 11.2 Å². The predicted octanol–water partition coefficient (Wildman–Crippen LogP) is 3.84. The van der Waals surface area contributed by atoms with Crippen molar-refractivity contribution < 1.29 is 13.9 Å². The zero-order valence-corrected chi connectivity index (χ0v) is 20.7. The molecule has 3 aromatic rings. The van der Waals surface area contributed by atoms with E-state index in [0.29, 0.717) is 44.8 Å². The Balaban J connectivity index is 1.17. The maximum absolute atomic E-state index is 14.1. The molecule has 0 saturated carbocycles. The normalized spacial score (nSPS) is 18.6. The standard InChI is InChI=1S/C26H30FN5O2S/c1-34-21-8-4-6-19(16-21)17-24-28-26(35-29-24)32-11-5-7-20(18-32)25(33)31-14-12-30(13-15-31)23-10-3-2-9-22(23)27/h2-4,6,8-10,16,20H,5,7,11-15,17-18H2,1H3. The van der Waals surface area contributed by atoms with Crippen LogP contribution in [0.25, 0.3) is 0 Å². The molecule has 5 rings (SSSR count). The van der Waals surface area contributed by atoms with Crippen LogP contribution in [0, 0.1) is 11.7 Å². The van der Waals surface area contributed by atoms with E-state index < -0.39 is 0 Å². The van der Waals surface area contributed by atoms with Gasteiger partial charge in [-0.05, 0) is 42.7 Å². The molecule has 7 nitrogen and oxygen atoms in total. The van der Waals surface area contributed by atoms with E-state index in [1.807, 2.05) is 40.1 Å². The van der Waals surface area contributed by atoms with E-state index in [-0.39, 0.29) is 17.6 Å². The van der Waals surface area contributed by atoms with Gasteiger partial charge in [0, 0.05) is 57.2 Å². The third-order valence-corrected chi connectivity index (χ3v) is 7.59. The molecule has 184 valence electrons. The van der Waals surface area contributed by atoms with Crippen molar-refractivity contribution in [3.63, 3.8) is 0 Å². The monoisotopic (exact) mass is 495 g/mol. The Hall–Kier alpha value is -3.20. The molecule has 2 fully saturated rings. The van der Waals surface area contributed by atoms with E-state index in [2.05, 4.69) is 9.27 Å². The van der Waals surface area contributed by atoms with Crippen LogP contribution in [0.5, 0.6) is 5.75 Å². The van der Waals surface area contributed by atoms with Gasteiger partial charge in [0.1, 0.15) is 17.4 Å². The van der Waals surface area contributed by atoms with E-state index in [9.17, 15) is 9.18 Å². The second kappa shape index (κ2) is 10.6. The molecule has 1 aromatic heterocycles. The number of hydrogen-bond acceptors (Lipinski definition) is 7. The third kappa shape index (κ3) is 5.40. The second-order valence-corrected chi connectivity index (χ2v) is 9.80. The van der Waals surface area contributed by atoms with Gasteiger partial charge in [0.2, 0.25) is 11.0 Å². The highest BCUT2D eigenvalue weighted by Gasteiger charge is 2.32. The number of carbonyl (C=O) groups is 1. The summed E-state index contributed by atoms with van der Waals surface area (Å²) in [6.07, 6.45) is 2.49. The van der Waals surface area contributed by atoms with Crippen molar-refractivity contribution in [2.24, 2.45) is 5.92 Å². The van der Waals surface area contributed by atoms with Gasteiger partial charge in [0.25, 0.3) is 0 Å². The largest absolute Gasteiger partial charge is 0.497 e. The summed E-state index contributed by atoms with van der Waals surface area (Å²) in [5, 5.41) is 0.879. The topological polar surface area (TPSA) is 61.8 Å². The fourth-order valence-corrected chi connectivity index (χ4v) is 5.62. The van der Waals surface area contributed by atoms with Crippen LogP contribution in [0.2, 0.25) is 0 Å². The van der Waals surface area contributed by atoms with Crippen LogP contribution in [-0.4, -0.2) is 66.5 Å². The smallest absolute Gasteiger partial charge is 0.227 e. The number of carbonyl (C=O) groups excluding carboxylic acids is 1. The fourth-order valence-electron chi connectivity index (χ4n) is 4.90. The van der Waals surface area contributed by atoms with Crippen molar-refractivity contribution in [2.45, 2.75) is 19.3 Å². The molecule has 2 saturated heterocycles. The number of anilines is 2. The molecule has 0 radical (unpaired) electrons. The lowest BCUT2D eigenvalue weighted by Crippen LogP contribution is -2.52. The number of benzene rings is 2. The Morgan fingerprint density at radius 2 is 1.91 bits per heavy atom. The molecule has 3 heterocycles. The summed E-state index contributed by atoms with van der Waals surface area (Å²) in [6.45, 7) is 4.08. The Bertz CT molecular complexity index is 1160. The highest BCUT2D eigenvalue weighted by molar-refractivity contribution is 7.09. The molecule has 0 bridgehead atoms. The summed E-state index contributed by atoms with van der Waals surface area (Å²) in [5.74, 6) is 1.55. The number of ether oxygens (including phenoxy) is 1. The van der Waals surface area contributed by atoms with E-state index in [1.165, 1.54) is 17.6 Å². The first-order valence-electron chi connectivity index (χ1n) is 12.1. The van der Waals surface area contributed by atoms with Gasteiger partial charge in [0.05, 0.1) is 18.7 Å². The molecule has 35 heavy (non-hydrogen) atoms. The average molecular weight is 496 g/mol. The van der Waals surface area contributed by atoms with Crippen molar-refractivity contribution in [2.75, 3.05) is 56.2 Å². The molecule has 2 aromatic carbocycles. The SMILES string of the molecule is COc1cccc(Cc2nsc(N3CCCC(C(=O)N4CCN(c5ccccc5F)CC4)C3)n2)c1. The Morgan fingerprint density at radius 3 is 2.71 bits per heavy atom. The van der Waals surface area contributed by atoms with Crippen LogP contribution in [0.4, 0.5) is 15.2 Å². The summed E-state index contributed by atoms with van der Waals surface area (Å²) in [4.78, 5) is 24.2. The first-order chi connectivity index (χ1) is 17.1. The molecule has 1 amide bonds. The summed E-state index contributed by atoms with van der Waals surface area (Å²) in [5.41, 5.74) is 1.72. The fraction of sp³-hybridized carbons (Fsp3) is 0.423. The van der Waals surface area contributed by atoms with E-state index in [0.717, 1.165) is 41.7 Å². The zero-order valence-electron chi connectivity index (χ0n) is 19.9. The van der Waals surface area contributed by atoms with E-state index >= 15 is 0 Å². The summed E-state index contributed by atoms with van der Waals surface area (Å²) in [7, 11) is 1.66. The zero-order chi connectivity index (χ0) is 24.2. The van der Waals surface area contributed by atoms with Gasteiger partial charge >= 0.3 is 0 Å². The number of aromatic nitrogens is 2. The summed E-state index contributed by atoms with van der Waals surface area (Å²) in [6, 6.07) is 14.8. The molecule has 1 unspecified atom stereocenters. The highest BCUT2D eigenvalue weighted by atomic mass is 32.1. The number of rotatable bonds is 6. The molecule has 2 aliphatic heterocycles. The molecule has 1 atom stereocenters. The average Bonchev–Trinajstić information content (AvgIpc) is 3.37. The molecule has 9 heteroatoms. The van der Waals surface area contributed by atoms with Crippen molar-refractivity contribution in [1.29, 1.82) is 0 Å². The third-order valence-electron chi connectivity index (χ3n) is 6.78. The number of nitrogens with zero attached hydrogens (tertiary/aromatic N) is 5. The minimum absolute atomic E-state index is 0.0468. The van der Waals surface area contributed by atoms with Crippen LogP contribution in [0.1, 0.15) is 24.2 Å². The predicted molar refractivity (Wildman–Crippen MR) is 136 cm³/mol. The second-order valence-electron chi connectivity index (χ2n) is 9.07. The number of halogens is 1. The van der Waals surface area contributed by atoms with Gasteiger partial charge < -0.3 is 19.4 Å². The van der Waals surface area contributed by atoms with Gasteiger partial charge in [-0.3, -0.25) is 4.79 Å². The van der Waals surface area contributed by atoms with Crippen LogP contribution >= 0.6 is 11.5 Å². The lowest BCUT2D eigenvalue weighted by Gasteiger charge is -2.39. The van der Waals surface area contributed by atoms with Crippen molar-refractivity contribution in [1.82, 2.24) is 14.3 Å². The van der Waals surface area contributed by atoms with Gasteiger partial charge in [-0.15, -0.1) is 0 Å². The number of hydrogen-bond donors (Lipinski definition) is 0. The minimum Gasteiger partial charge on any atom is -0.497 e. The number of piperidine rings is 1. The van der Waals surface area contributed by atoms with Gasteiger partial charge in [-0.1, -0.05) is 24.3 Å². The Morgan fingerprint density at radius 1 is 1.09 bits per heavy atom. The van der Waals surface area contributed by atoms with Crippen LogP contribution in [0.15, 0.2) is 48.5 Å². The van der Waals surface area contributed by atoms with Crippen molar-refractivity contribution in [3.8, 4) is 5.75 Å². The first kappa shape index (κ1) is 23.5. The maximum Gasteiger partial charge on any atom is 0.227 e. The molecular weight excluding hydrogens is 465 g/mol. The number of para-hydroxylation sites is 1. The molecule has 0 N–H and O–H groups in total. The van der Waals surface area contributed by atoms with Gasteiger partial charge in [0.15, 0.2) is 0 Å². The molecule has 0 aliphatic carbocycles. The van der Waals surface area contributed by atoms with Gasteiger partial charge in [-0.2, -0.15) is 4.37 Å². The minimum atomic E-state index is -0.210. The van der Waals surface area contributed by atoms with Gasteiger partial charge in [-0.25, -0.2) is 9.37 Å². The lowest BCUT2D eigenvalue weighted by molar-refractivity contribution is -0.136. The highest BCUT2D eigenvalue weighted by Crippen LogP contribution is 2.28. The lowest BCUT2D eigenvalue weighted by atomic mass is 9.96. The Labute approximate surface area is 209 Å².